The van der Waals surface area contributed by atoms with Crippen LogP contribution in [0.25, 0.3) is 0 Å². The lowest BCUT2D eigenvalue weighted by Crippen LogP contribution is -2.22. The van der Waals surface area contributed by atoms with Crippen molar-refractivity contribution in [3.05, 3.63) is 10.6 Å². The normalized spacial score (nSPS) is 11.6. The largest absolute Gasteiger partial charge is 0.351 e. The van der Waals surface area contributed by atoms with Gasteiger partial charge in [0.1, 0.15) is 0 Å². The maximum Gasteiger partial charge on any atom is 0.185 e. The smallest absolute Gasteiger partial charge is 0.185 e. The molecule has 0 aliphatic carbocycles. The number of nitrogens with zero attached hydrogens (tertiary/aromatic N) is 2. The van der Waals surface area contributed by atoms with E-state index in [1.807, 2.05) is 11.3 Å². The zero-order chi connectivity index (χ0) is 13.7. The molecule has 18 heavy (non-hydrogen) atoms. The van der Waals surface area contributed by atoms with Gasteiger partial charge in [-0.05, 0) is 18.4 Å². The van der Waals surface area contributed by atoms with Crippen molar-refractivity contribution in [2.75, 3.05) is 25.0 Å². The van der Waals surface area contributed by atoms with Crippen molar-refractivity contribution in [2.45, 2.75) is 47.1 Å². The van der Waals surface area contributed by atoms with Crippen molar-refractivity contribution in [2.24, 2.45) is 5.92 Å². The molecule has 0 bridgehead atoms. The van der Waals surface area contributed by atoms with Gasteiger partial charge in [-0.3, -0.25) is 0 Å². The SMILES string of the molecule is CCNCc1sc(N(C)CC(C)C)nc1C(C)C. The number of thiazole rings is 1. The van der Waals surface area contributed by atoms with Gasteiger partial charge in [-0.15, -0.1) is 11.3 Å². The molecular weight excluding hydrogens is 242 g/mol. The molecule has 104 valence electrons. The highest BCUT2D eigenvalue weighted by Gasteiger charge is 2.16. The van der Waals surface area contributed by atoms with Crippen LogP contribution in [0, 0.1) is 5.92 Å². The summed E-state index contributed by atoms with van der Waals surface area (Å²) in [6.45, 7) is 14.1. The van der Waals surface area contributed by atoms with E-state index in [-0.39, 0.29) is 0 Å². The summed E-state index contributed by atoms with van der Waals surface area (Å²) in [4.78, 5) is 8.48. The molecule has 1 aromatic heterocycles. The summed E-state index contributed by atoms with van der Waals surface area (Å²) in [5, 5.41) is 4.56. The Kier molecular flexibility index (Phi) is 6.09. The molecule has 0 spiro atoms. The van der Waals surface area contributed by atoms with Crippen LogP contribution >= 0.6 is 11.3 Å². The van der Waals surface area contributed by atoms with Crippen LogP contribution in [0.5, 0.6) is 0 Å². The molecule has 1 rings (SSSR count). The van der Waals surface area contributed by atoms with Gasteiger partial charge in [0.05, 0.1) is 5.69 Å². The van der Waals surface area contributed by atoms with E-state index in [1.165, 1.54) is 10.6 Å². The fourth-order valence-corrected chi connectivity index (χ4v) is 3.11. The molecule has 0 atom stereocenters. The minimum Gasteiger partial charge on any atom is -0.351 e. The highest BCUT2D eigenvalue weighted by molar-refractivity contribution is 7.15. The van der Waals surface area contributed by atoms with E-state index < -0.39 is 0 Å². The lowest BCUT2D eigenvalue weighted by atomic mass is 10.1. The van der Waals surface area contributed by atoms with Gasteiger partial charge in [-0.1, -0.05) is 34.6 Å². The minimum absolute atomic E-state index is 0.496. The topological polar surface area (TPSA) is 28.2 Å². The van der Waals surface area contributed by atoms with Crippen LogP contribution in [0.4, 0.5) is 5.13 Å². The maximum atomic E-state index is 4.82. The monoisotopic (exact) mass is 269 g/mol. The van der Waals surface area contributed by atoms with Gasteiger partial charge >= 0.3 is 0 Å². The van der Waals surface area contributed by atoms with Crippen molar-refractivity contribution in [1.82, 2.24) is 10.3 Å². The first-order valence-electron chi connectivity index (χ1n) is 6.87. The van der Waals surface area contributed by atoms with E-state index in [9.17, 15) is 0 Å². The molecule has 0 saturated heterocycles. The first-order chi connectivity index (χ1) is 8.45. The Morgan fingerprint density at radius 3 is 2.44 bits per heavy atom. The van der Waals surface area contributed by atoms with Crippen LogP contribution in [0.1, 0.15) is 51.1 Å². The highest BCUT2D eigenvalue weighted by Crippen LogP contribution is 2.30. The second-order valence-electron chi connectivity index (χ2n) is 5.51. The van der Waals surface area contributed by atoms with Crippen LogP contribution in [-0.4, -0.2) is 25.1 Å². The highest BCUT2D eigenvalue weighted by atomic mass is 32.1. The Labute approximate surface area is 116 Å². The van der Waals surface area contributed by atoms with Crippen molar-refractivity contribution in [1.29, 1.82) is 0 Å². The first kappa shape index (κ1) is 15.4. The van der Waals surface area contributed by atoms with E-state index in [2.05, 4.69) is 51.9 Å². The van der Waals surface area contributed by atoms with E-state index >= 15 is 0 Å². The van der Waals surface area contributed by atoms with Gasteiger partial charge in [-0.25, -0.2) is 4.98 Å². The molecule has 3 nitrogen and oxygen atoms in total. The molecule has 1 heterocycles. The predicted octanol–water partition coefficient (Wildman–Crippen LogP) is 3.47. The summed E-state index contributed by atoms with van der Waals surface area (Å²) < 4.78 is 0. The Balaban J connectivity index is 2.87. The van der Waals surface area contributed by atoms with Gasteiger partial charge < -0.3 is 10.2 Å². The Morgan fingerprint density at radius 2 is 1.94 bits per heavy atom. The third-order valence-corrected chi connectivity index (χ3v) is 3.95. The fraction of sp³-hybridized carbons (Fsp3) is 0.786. The van der Waals surface area contributed by atoms with E-state index in [0.29, 0.717) is 11.8 Å². The van der Waals surface area contributed by atoms with Gasteiger partial charge in [-0.2, -0.15) is 0 Å². The third kappa shape index (κ3) is 4.25. The molecule has 0 aromatic carbocycles. The van der Waals surface area contributed by atoms with Crippen molar-refractivity contribution in [3.63, 3.8) is 0 Å². The second-order valence-corrected chi connectivity index (χ2v) is 6.58. The second kappa shape index (κ2) is 7.10. The zero-order valence-electron chi connectivity index (χ0n) is 12.6. The molecule has 0 unspecified atom stereocenters. The number of anilines is 1. The van der Waals surface area contributed by atoms with Crippen LogP contribution in [-0.2, 0) is 6.54 Å². The molecule has 0 radical (unpaired) electrons. The predicted molar refractivity (Wildman–Crippen MR) is 81.7 cm³/mol. The van der Waals surface area contributed by atoms with E-state index in [1.54, 1.807) is 0 Å². The number of rotatable bonds is 7. The standard InChI is InChI=1S/C14H27N3S/c1-7-15-8-12-13(11(4)5)16-14(18-12)17(6)9-10(2)3/h10-11,15H,7-9H2,1-6H3. The summed E-state index contributed by atoms with van der Waals surface area (Å²) >= 11 is 1.83. The summed E-state index contributed by atoms with van der Waals surface area (Å²) in [5.74, 6) is 1.16. The average molecular weight is 269 g/mol. The molecule has 0 aliphatic heterocycles. The van der Waals surface area contributed by atoms with Crippen molar-refractivity contribution in [3.8, 4) is 0 Å². The average Bonchev–Trinajstić information content (AvgIpc) is 2.69. The zero-order valence-corrected chi connectivity index (χ0v) is 13.4. The van der Waals surface area contributed by atoms with Crippen molar-refractivity contribution < 1.29 is 0 Å². The Morgan fingerprint density at radius 1 is 1.28 bits per heavy atom. The van der Waals surface area contributed by atoms with E-state index in [0.717, 1.165) is 24.8 Å². The Bertz CT molecular complexity index is 358. The van der Waals surface area contributed by atoms with Gasteiger partial charge in [0.15, 0.2) is 5.13 Å². The summed E-state index contributed by atoms with van der Waals surface area (Å²) in [6.07, 6.45) is 0. The van der Waals surface area contributed by atoms with Crippen LogP contribution in [0.2, 0.25) is 0 Å². The van der Waals surface area contributed by atoms with E-state index in [4.69, 9.17) is 4.98 Å². The quantitative estimate of drug-likeness (QED) is 0.821. The molecule has 1 N–H and O–H groups in total. The van der Waals surface area contributed by atoms with Gasteiger partial charge in [0, 0.05) is 25.0 Å². The summed E-state index contributed by atoms with van der Waals surface area (Å²) in [6, 6.07) is 0. The van der Waals surface area contributed by atoms with Gasteiger partial charge in [0.2, 0.25) is 0 Å². The molecule has 0 saturated carbocycles. The van der Waals surface area contributed by atoms with Crippen molar-refractivity contribution >= 4 is 16.5 Å². The number of aromatic nitrogens is 1. The molecule has 1 aromatic rings. The lowest BCUT2D eigenvalue weighted by molar-refractivity contribution is 0.636. The first-order valence-corrected chi connectivity index (χ1v) is 7.68. The maximum absolute atomic E-state index is 4.82. The molecule has 4 heteroatoms. The van der Waals surface area contributed by atoms with Crippen LogP contribution in [0.15, 0.2) is 0 Å². The summed E-state index contributed by atoms with van der Waals surface area (Å²) in [7, 11) is 2.14. The number of hydrogen-bond acceptors (Lipinski definition) is 4. The fourth-order valence-electron chi connectivity index (χ4n) is 1.96. The molecule has 0 fully saturated rings. The van der Waals surface area contributed by atoms with Gasteiger partial charge in [0.25, 0.3) is 0 Å². The van der Waals surface area contributed by atoms with Crippen LogP contribution < -0.4 is 10.2 Å². The molecule has 0 aliphatic rings. The van der Waals surface area contributed by atoms with Crippen LogP contribution in [0.3, 0.4) is 0 Å². The third-order valence-electron chi connectivity index (χ3n) is 2.76. The Hall–Kier alpha value is -0.610. The minimum atomic E-state index is 0.496. The molecular formula is C14H27N3S. The lowest BCUT2D eigenvalue weighted by Gasteiger charge is -2.17. The number of hydrogen-bond donors (Lipinski definition) is 1. The summed E-state index contributed by atoms with van der Waals surface area (Å²) in [5.41, 5.74) is 1.26. The molecule has 0 amide bonds. The number of nitrogens with one attached hydrogen (secondary N) is 1.